The molecule has 0 aliphatic carbocycles. The van der Waals surface area contributed by atoms with Crippen LogP contribution in [0.2, 0.25) is 5.15 Å². The summed E-state index contributed by atoms with van der Waals surface area (Å²) in [5, 5.41) is 9.42. The van der Waals surface area contributed by atoms with Crippen LogP contribution in [-0.4, -0.2) is 44.4 Å². The minimum atomic E-state index is -0.180. The van der Waals surface area contributed by atoms with E-state index < -0.39 is 0 Å². The third kappa shape index (κ3) is 2.60. The number of fused-ring (bicyclic) bond motifs is 1. The molecule has 18 heavy (non-hydrogen) atoms. The van der Waals surface area contributed by atoms with E-state index in [4.69, 9.17) is 21.4 Å². The Morgan fingerprint density at radius 2 is 2.28 bits per heavy atom. The molecular formula is C11H15ClN4O2. The molecule has 0 saturated carbocycles. The molecule has 0 aliphatic heterocycles. The molecule has 2 heterocycles. The van der Waals surface area contributed by atoms with E-state index in [0.717, 1.165) is 0 Å². The molecule has 0 radical (unpaired) electrons. The van der Waals surface area contributed by atoms with Gasteiger partial charge in [-0.05, 0) is 13.3 Å². The predicted octanol–water partition coefficient (Wildman–Crippen LogP) is 1.19. The molecule has 2 aromatic heterocycles. The second-order valence-corrected chi connectivity index (χ2v) is 4.36. The Labute approximate surface area is 110 Å². The first-order valence-corrected chi connectivity index (χ1v) is 6.02. The first-order valence-electron chi connectivity index (χ1n) is 5.64. The fourth-order valence-electron chi connectivity index (χ4n) is 1.74. The molecule has 0 amide bonds. The largest absolute Gasteiger partial charge is 0.394 e. The predicted molar refractivity (Wildman–Crippen MR) is 67.6 cm³/mol. The highest BCUT2D eigenvalue weighted by Crippen LogP contribution is 2.19. The average Bonchev–Trinajstić information content (AvgIpc) is 2.74. The summed E-state index contributed by atoms with van der Waals surface area (Å²) in [6, 6.07) is 0. The highest BCUT2D eigenvalue weighted by Gasteiger charge is 2.12. The lowest BCUT2D eigenvalue weighted by Gasteiger charge is -2.12. The van der Waals surface area contributed by atoms with E-state index in [0.29, 0.717) is 35.1 Å². The summed E-state index contributed by atoms with van der Waals surface area (Å²) in [5.41, 5.74) is 1.31. The van der Waals surface area contributed by atoms with Crippen LogP contribution >= 0.6 is 11.6 Å². The van der Waals surface area contributed by atoms with Crippen molar-refractivity contribution in [3.63, 3.8) is 0 Å². The van der Waals surface area contributed by atoms with E-state index in [1.807, 2.05) is 4.57 Å². The Bertz CT molecular complexity index is 539. The van der Waals surface area contributed by atoms with Gasteiger partial charge in [0.05, 0.1) is 19.0 Å². The zero-order valence-electron chi connectivity index (χ0n) is 10.3. The van der Waals surface area contributed by atoms with Gasteiger partial charge < -0.3 is 14.4 Å². The van der Waals surface area contributed by atoms with Crippen molar-refractivity contribution in [2.75, 3.05) is 13.7 Å². The fourth-order valence-corrected chi connectivity index (χ4v) is 2.00. The van der Waals surface area contributed by atoms with Gasteiger partial charge in [-0.1, -0.05) is 11.6 Å². The summed E-state index contributed by atoms with van der Waals surface area (Å²) in [6.45, 7) is 2.44. The molecule has 7 heteroatoms. The van der Waals surface area contributed by atoms with E-state index >= 15 is 0 Å². The summed E-state index contributed by atoms with van der Waals surface area (Å²) < 4.78 is 7.00. The van der Waals surface area contributed by atoms with E-state index in [1.54, 1.807) is 20.4 Å². The van der Waals surface area contributed by atoms with Gasteiger partial charge in [-0.3, -0.25) is 0 Å². The van der Waals surface area contributed by atoms with Gasteiger partial charge in [0.1, 0.15) is 11.3 Å². The van der Waals surface area contributed by atoms with Crippen molar-refractivity contribution in [3.05, 3.63) is 17.3 Å². The van der Waals surface area contributed by atoms with Crippen molar-refractivity contribution >= 4 is 22.8 Å². The second-order valence-electron chi connectivity index (χ2n) is 4.00. The van der Waals surface area contributed by atoms with Crippen LogP contribution in [-0.2, 0) is 11.3 Å². The lowest BCUT2D eigenvalue weighted by atomic mass is 10.2. The lowest BCUT2D eigenvalue weighted by molar-refractivity contribution is 0.0405. The van der Waals surface area contributed by atoms with Crippen LogP contribution in [0.25, 0.3) is 11.2 Å². The van der Waals surface area contributed by atoms with Crippen LogP contribution in [0.5, 0.6) is 0 Å². The van der Waals surface area contributed by atoms with Crippen LogP contribution in [0.15, 0.2) is 6.33 Å². The molecule has 2 rings (SSSR count). The normalized spacial score (nSPS) is 13.1. The molecule has 2 aromatic rings. The molecule has 0 aliphatic rings. The third-order valence-electron chi connectivity index (χ3n) is 2.76. The maximum absolute atomic E-state index is 9.06. The lowest BCUT2D eigenvalue weighted by Crippen LogP contribution is -2.18. The zero-order valence-corrected chi connectivity index (χ0v) is 11.1. The van der Waals surface area contributed by atoms with Crippen molar-refractivity contribution in [2.24, 2.45) is 0 Å². The number of ether oxygens (including phenoxy) is 1. The van der Waals surface area contributed by atoms with Crippen LogP contribution in [0.3, 0.4) is 0 Å². The highest BCUT2D eigenvalue weighted by atomic mass is 35.5. The number of nitrogens with zero attached hydrogens (tertiary/aromatic N) is 4. The molecule has 0 aromatic carbocycles. The summed E-state index contributed by atoms with van der Waals surface area (Å²) in [5.74, 6) is 0.611. The quantitative estimate of drug-likeness (QED) is 0.826. The number of rotatable bonds is 5. The van der Waals surface area contributed by atoms with Crippen molar-refractivity contribution in [1.29, 1.82) is 0 Å². The first-order chi connectivity index (χ1) is 8.65. The van der Waals surface area contributed by atoms with Gasteiger partial charge in [0.15, 0.2) is 10.8 Å². The second kappa shape index (κ2) is 5.60. The molecule has 1 unspecified atom stereocenters. The van der Waals surface area contributed by atoms with Gasteiger partial charge in [0.25, 0.3) is 0 Å². The number of aliphatic hydroxyl groups excluding tert-OH is 1. The molecule has 1 N–H and O–H groups in total. The standard InChI is InChI=1S/C11H15ClN4O2/c1-7-14-10(12)9-11(15-7)16(6-13-9)4-3-8(5-17)18-2/h6,8,17H,3-5H2,1-2H3. The van der Waals surface area contributed by atoms with Crippen molar-refractivity contribution < 1.29 is 9.84 Å². The maximum atomic E-state index is 9.06. The Balaban J connectivity index is 2.24. The smallest absolute Gasteiger partial charge is 0.165 e. The van der Waals surface area contributed by atoms with Gasteiger partial charge in [0, 0.05) is 13.7 Å². The van der Waals surface area contributed by atoms with E-state index in [-0.39, 0.29) is 12.7 Å². The van der Waals surface area contributed by atoms with E-state index in [1.165, 1.54) is 0 Å². The Morgan fingerprint density at radius 3 is 2.94 bits per heavy atom. The van der Waals surface area contributed by atoms with Crippen molar-refractivity contribution in [3.8, 4) is 0 Å². The average molecular weight is 271 g/mol. The summed E-state index contributed by atoms with van der Waals surface area (Å²) in [7, 11) is 1.58. The monoisotopic (exact) mass is 270 g/mol. The highest BCUT2D eigenvalue weighted by molar-refractivity contribution is 6.33. The van der Waals surface area contributed by atoms with Gasteiger partial charge in [-0.15, -0.1) is 0 Å². The Morgan fingerprint density at radius 1 is 1.50 bits per heavy atom. The summed E-state index contributed by atoms with van der Waals surface area (Å²) in [4.78, 5) is 12.6. The summed E-state index contributed by atoms with van der Waals surface area (Å²) in [6.07, 6.45) is 2.18. The molecule has 0 fully saturated rings. The molecule has 6 nitrogen and oxygen atoms in total. The number of halogens is 1. The first kappa shape index (κ1) is 13.2. The van der Waals surface area contributed by atoms with Crippen molar-refractivity contribution in [2.45, 2.75) is 26.0 Å². The van der Waals surface area contributed by atoms with E-state index in [9.17, 15) is 0 Å². The number of methoxy groups -OCH3 is 1. The summed E-state index contributed by atoms with van der Waals surface area (Å²) >= 11 is 6.00. The molecular weight excluding hydrogens is 256 g/mol. The minimum absolute atomic E-state index is 0.00209. The third-order valence-corrected chi connectivity index (χ3v) is 3.03. The number of hydrogen-bond donors (Lipinski definition) is 1. The molecule has 0 spiro atoms. The van der Waals surface area contributed by atoms with E-state index in [2.05, 4.69) is 15.0 Å². The molecule has 0 bridgehead atoms. The molecule has 0 saturated heterocycles. The van der Waals surface area contributed by atoms with Gasteiger partial charge >= 0.3 is 0 Å². The topological polar surface area (TPSA) is 73.1 Å². The van der Waals surface area contributed by atoms with Crippen LogP contribution < -0.4 is 0 Å². The number of aliphatic hydroxyl groups is 1. The maximum Gasteiger partial charge on any atom is 0.165 e. The fraction of sp³-hybridized carbons (Fsp3) is 0.545. The SMILES string of the molecule is COC(CO)CCn1cnc2c(Cl)nc(C)nc21. The number of aromatic nitrogens is 4. The van der Waals surface area contributed by atoms with Gasteiger partial charge in [-0.25, -0.2) is 15.0 Å². The molecule has 1 atom stereocenters. The molecule has 98 valence electrons. The van der Waals surface area contributed by atoms with Gasteiger partial charge in [0.2, 0.25) is 0 Å². The number of imidazole rings is 1. The number of hydrogen-bond acceptors (Lipinski definition) is 5. The number of aryl methyl sites for hydroxylation is 2. The van der Waals surface area contributed by atoms with Crippen LogP contribution in [0, 0.1) is 6.92 Å². The van der Waals surface area contributed by atoms with Crippen LogP contribution in [0.4, 0.5) is 0 Å². The minimum Gasteiger partial charge on any atom is -0.394 e. The van der Waals surface area contributed by atoms with Crippen molar-refractivity contribution in [1.82, 2.24) is 19.5 Å². The van der Waals surface area contributed by atoms with Crippen LogP contribution in [0.1, 0.15) is 12.2 Å². The Kier molecular flexibility index (Phi) is 4.11. The zero-order chi connectivity index (χ0) is 13.1. The Hall–Kier alpha value is -1.24. The van der Waals surface area contributed by atoms with Gasteiger partial charge in [-0.2, -0.15) is 0 Å².